The van der Waals surface area contributed by atoms with Crippen molar-refractivity contribution < 1.29 is 9.53 Å². The van der Waals surface area contributed by atoms with Crippen LogP contribution in [0.5, 0.6) is 0 Å². The second kappa shape index (κ2) is 6.56. The molecule has 2 N–H and O–H groups in total. The molecule has 1 aromatic heterocycles. The van der Waals surface area contributed by atoms with E-state index in [1.54, 1.807) is 13.0 Å². The molecule has 1 aliphatic rings. The van der Waals surface area contributed by atoms with E-state index in [0.717, 1.165) is 38.4 Å². The zero-order valence-corrected chi connectivity index (χ0v) is 12.1. The predicted octanol–water partition coefficient (Wildman–Crippen LogP) is 0.982. The summed E-state index contributed by atoms with van der Waals surface area (Å²) < 4.78 is 5.02. The summed E-state index contributed by atoms with van der Waals surface area (Å²) in [6, 6.07) is 1.73. The lowest BCUT2D eigenvalue weighted by atomic mass is 10.2. The molecule has 0 spiro atoms. The number of aromatic nitrogens is 1. The number of esters is 1. The molecule has 0 aromatic carbocycles. The van der Waals surface area contributed by atoms with E-state index in [9.17, 15) is 4.79 Å². The topological polar surface area (TPSA) is 71.7 Å². The first-order valence-electron chi connectivity index (χ1n) is 6.98. The zero-order chi connectivity index (χ0) is 14.5. The van der Waals surface area contributed by atoms with Crippen LogP contribution >= 0.6 is 0 Å². The molecule has 20 heavy (non-hydrogen) atoms. The highest BCUT2D eigenvalue weighted by Crippen LogP contribution is 2.20. The van der Waals surface area contributed by atoms with Gasteiger partial charge >= 0.3 is 5.97 Å². The quantitative estimate of drug-likeness (QED) is 0.831. The lowest BCUT2D eigenvalue weighted by Gasteiger charge is -2.22. The highest BCUT2D eigenvalue weighted by atomic mass is 16.5. The molecular formula is C14H22N4O2. The van der Waals surface area contributed by atoms with Crippen LogP contribution in [0.2, 0.25) is 0 Å². The fraction of sp³-hybridized carbons (Fsp3) is 0.571. The molecule has 0 aliphatic carbocycles. The smallest absolute Gasteiger partial charge is 0.340 e. The van der Waals surface area contributed by atoms with Gasteiger partial charge in [-0.2, -0.15) is 0 Å². The van der Waals surface area contributed by atoms with Crippen molar-refractivity contribution in [2.45, 2.75) is 13.3 Å². The summed E-state index contributed by atoms with van der Waals surface area (Å²) in [5.74, 6) is 0.401. The van der Waals surface area contributed by atoms with Crippen LogP contribution in [0.15, 0.2) is 12.3 Å². The van der Waals surface area contributed by atoms with Crippen LogP contribution in [-0.4, -0.2) is 55.7 Å². The largest absolute Gasteiger partial charge is 0.462 e. The first kappa shape index (κ1) is 14.6. The van der Waals surface area contributed by atoms with Crippen molar-refractivity contribution in [1.29, 1.82) is 0 Å². The van der Waals surface area contributed by atoms with Crippen LogP contribution < -0.4 is 10.6 Å². The average molecular weight is 278 g/mol. The number of nitrogens with zero attached hydrogens (tertiary/aromatic N) is 3. The number of nitrogen functional groups attached to an aromatic ring is 1. The van der Waals surface area contributed by atoms with E-state index in [1.807, 2.05) is 0 Å². The second-order valence-corrected chi connectivity index (χ2v) is 4.99. The molecule has 0 unspecified atom stereocenters. The summed E-state index contributed by atoms with van der Waals surface area (Å²) in [7, 11) is 2.12. The molecule has 0 saturated carbocycles. The van der Waals surface area contributed by atoms with Gasteiger partial charge in [-0.3, -0.25) is 0 Å². The Morgan fingerprint density at radius 1 is 1.40 bits per heavy atom. The lowest BCUT2D eigenvalue weighted by Crippen LogP contribution is -2.29. The molecule has 2 rings (SSSR count). The molecular weight excluding hydrogens is 256 g/mol. The van der Waals surface area contributed by atoms with Gasteiger partial charge in [-0.05, 0) is 33.0 Å². The summed E-state index contributed by atoms with van der Waals surface area (Å²) >= 11 is 0. The number of pyridine rings is 1. The van der Waals surface area contributed by atoms with Crippen LogP contribution in [-0.2, 0) is 4.74 Å². The fourth-order valence-electron chi connectivity index (χ4n) is 2.29. The molecule has 0 radical (unpaired) electrons. The van der Waals surface area contributed by atoms with Gasteiger partial charge in [-0.25, -0.2) is 9.78 Å². The fourth-order valence-corrected chi connectivity index (χ4v) is 2.29. The van der Waals surface area contributed by atoms with Gasteiger partial charge in [0.15, 0.2) is 0 Å². The molecule has 1 aromatic rings. The Morgan fingerprint density at radius 2 is 2.20 bits per heavy atom. The first-order chi connectivity index (χ1) is 9.61. The number of hydrogen-bond donors (Lipinski definition) is 1. The monoisotopic (exact) mass is 278 g/mol. The third kappa shape index (κ3) is 3.39. The first-order valence-corrected chi connectivity index (χ1v) is 6.98. The number of anilines is 2. The van der Waals surface area contributed by atoms with E-state index < -0.39 is 0 Å². The Kier molecular flexibility index (Phi) is 4.79. The van der Waals surface area contributed by atoms with Crippen molar-refractivity contribution in [2.75, 3.05) is 50.5 Å². The van der Waals surface area contributed by atoms with Crippen LogP contribution in [0.3, 0.4) is 0 Å². The Bertz CT molecular complexity index is 478. The number of ether oxygens (including phenoxy) is 1. The number of likely N-dealkylation sites (N-methyl/N-ethyl adjacent to an activating group) is 1. The van der Waals surface area contributed by atoms with Crippen molar-refractivity contribution in [3.63, 3.8) is 0 Å². The molecule has 2 heterocycles. The average Bonchev–Trinajstić information content (AvgIpc) is 2.64. The summed E-state index contributed by atoms with van der Waals surface area (Å²) in [5, 5.41) is 0. The van der Waals surface area contributed by atoms with E-state index in [-0.39, 0.29) is 5.97 Å². The van der Waals surface area contributed by atoms with Crippen molar-refractivity contribution in [2.24, 2.45) is 0 Å². The Balaban J connectivity index is 2.20. The minimum Gasteiger partial charge on any atom is -0.462 e. The van der Waals surface area contributed by atoms with Crippen molar-refractivity contribution in [3.05, 3.63) is 17.8 Å². The van der Waals surface area contributed by atoms with Gasteiger partial charge in [0.2, 0.25) is 0 Å². The maximum Gasteiger partial charge on any atom is 0.340 e. The maximum absolute atomic E-state index is 11.9. The molecule has 1 aliphatic heterocycles. The Morgan fingerprint density at radius 3 is 2.95 bits per heavy atom. The Hall–Kier alpha value is -1.82. The highest BCUT2D eigenvalue weighted by molar-refractivity contribution is 5.95. The van der Waals surface area contributed by atoms with Crippen LogP contribution in [0.25, 0.3) is 0 Å². The van der Waals surface area contributed by atoms with Gasteiger partial charge in [0.05, 0.1) is 24.1 Å². The minimum absolute atomic E-state index is 0.338. The van der Waals surface area contributed by atoms with Crippen molar-refractivity contribution in [3.8, 4) is 0 Å². The minimum atomic E-state index is -0.388. The van der Waals surface area contributed by atoms with E-state index in [0.29, 0.717) is 17.9 Å². The molecule has 0 bridgehead atoms. The van der Waals surface area contributed by atoms with E-state index in [2.05, 4.69) is 21.8 Å². The second-order valence-electron chi connectivity index (χ2n) is 4.99. The predicted molar refractivity (Wildman–Crippen MR) is 78.9 cm³/mol. The lowest BCUT2D eigenvalue weighted by molar-refractivity contribution is 0.0527. The highest BCUT2D eigenvalue weighted by Gasteiger charge is 2.17. The van der Waals surface area contributed by atoms with Gasteiger partial charge in [-0.15, -0.1) is 0 Å². The van der Waals surface area contributed by atoms with Gasteiger partial charge in [0.1, 0.15) is 5.82 Å². The normalized spacial score (nSPS) is 16.8. The summed E-state index contributed by atoms with van der Waals surface area (Å²) in [6.45, 7) is 6.02. The maximum atomic E-state index is 11.9. The Labute approximate surface area is 119 Å². The van der Waals surface area contributed by atoms with Gasteiger partial charge in [-0.1, -0.05) is 0 Å². The summed E-state index contributed by atoms with van der Waals surface area (Å²) in [6.07, 6.45) is 2.62. The van der Waals surface area contributed by atoms with Crippen molar-refractivity contribution >= 4 is 17.5 Å². The van der Waals surface area contributed by atoms with E-state index in [4.69, 9.17) is 10.5 Å². The SMILES string of the molecule is CCOC(=O)c1cc(N2CCCN(C)CC2)ncc1N. The summed E-state index contributed by atoms with van der Waals surface area (Å²) in [5.41, 5.74) is 6.57. The molecule has 6 nitrogen and oxygen atoms in total. The van der Waals surface area contributed by atoms with Crippen molar-refractivity contribution in [1.82, 2.24) is 9.88 Å². The number of carbonyl (C=O) groups excluding carboxylic acids is 1. The molecule has 1 fully saturated rings. The third-order valence-electron chi connectivity index (χ3n) is 3.46. The van der Waals surface area contributed by atoms with Crippen LogP contribution in [0.4, 0.5) is 11.5 Å². The molecule has 1 saturated heterocycles. The van der Waals surface area contributed by atoms with E-state index in [1.165, 1.54) is 6.20 Å². The number of rotatable bonds is 3. The number of nitrogens with two attached hydrogens (primary N) is 1. The zero-order valence-electron chi connectivity index (χ0n) is 12.1. The van der Waals surface area contributed by atoms with Gasteiger partial charge in [0.25, 0.3) is 0 Å². The molecule has 0 atom stereocenters. The standard InChI is InChI=1S/C14H22N4O2/c1-3-20-14(19)11-9-13(16-10-12(11)15)18-6-4-5-17(2)7-8-18/h9-10H,3-8,15H2,1-2H3. The van der Waals surface area contributed by atoms with Gasteiger partial charge in [0, 0.05) is 19.6 Å². The number of carbonyl (C=O) groups is 1. The molecule has 110 valence electrons. The summed E-state index contributed by atoms with van der Waals surface area (Å²) in [4.78, 5) is 20.7. The van der Waals surface area contributed by atoms with E-state index >= 15 is 0 Å². The van der Waals surface area contributed by atoms with Gasteiger partial charge < -0.3 is 20.3 Å². The third-order valence-corrected chi connectivity index (χ3v) is 3.46. The van der Waals surface area contributed by atoms with Crippen LogP contribution in [0, 0.1) is 0 Å². The number of hydrogen-bond acceptors (Lipinski definition) is 6. The van der Waals surface area contributed by atoms with Crippen LogP contribution in [0.1, 0.15) is 23.7 Å². The molecule has 6 heteroatoms. The molecule has 0 amide bonds.